The van der Waals surface area contributed by atoms with Crippen LogP contribution in [0, 0.1) is 20.8 Å². The van der Waals surface area contributed by atoms with Gasteiger partial charge in [-0.1, -0.05) is 12.1 Å². The lowest BCUT2D eigenvalue weighted by Gasteiger charge is -2.35. The summed E-state index contributed by atoms with van der Waals surface area (Å²) in [4.78, 5) is 14.3. The molecule has 0 aliphatic carbocycles. The second-order valence-electron chi connectivity index (χ2n) is 8.38. The minimum Gasteiger partial charge on any atom is -0.356 e. The Balaban J connectivity index is 1.49. The smallest absolute Gasteiger partial charge is 0.243 e. The van der Waals surface area contributed by atoms with E-state index < -0.39 is 10.0 Å². The normalized spacial score (nSPS) is 18.6. The van der Waals surface area contributed by atoms with Gasteiger partial charge in [0.15, 0.2) is 0 Å². The number of hydrogen-bond donors (Lipinski definition) is 0. The van der Waals surface area contributed by atoms with E-state index in [1.165, 1.54) is 19.3 Å². The summed E-state index contributed by atoms with van der Waals surface area (Å²) in [6.07, 6.45) is 3.69. The molecule has 2 aromatic rings. The van der Waals surface area contributed by atoms with Crippen molar-refractivity contribution in [2.24, 2.45) is 0 Å². The van der Waals surface area contributed by atoms with Gasteiger partial charge in [-0.25, -0.2) is 13.4 Å². The van der Waals surface area contributed by atoms with Crippen molar-refractivity contribution in [3.8, 4) is 0 Å². The van der Waals surface area contributed by atoms with Crippen LogP contribution in [0.3, 0.4) is 0 Å². The van der Waals surface area contributed by atoms with Crippen LogP contribution < -0.4 is 9.80 Å². The maximum Gasteiger partial charge on any atom is 0.243 e. The number of hydrogen-bond acceptors (Lipinski definition) is 6. The molecular weight excluding hydrogens is 398 g/mol. The molecule has 0 unspecified atom stereocenters. The van der Waals surface area contributed by atoms with Crippen molar-refractivity contribution in [2.75, 3.05) is 49.1 Å². The van der Waals surface area contributed by atoms with E-state index in [2.05, 4.69) is 20.9 Å². The van der Waals surface area contributed by atoms with Crippen molar-refractivity contribution in [1.82, 2.24) is 14.3 Å². The van der Waals surface area contributed by atoms with Crippen molar-refractivity contribution < 1.29 is 8.42 Å². The third-order valence-electron chi connectivity index (χ3n) is 5.99. The van der Waals surface area contributed by atoms with E-state index in [0.717, 1.165) is 35.7 Å². The Morgan fingerprint density at radius 1 is 0.800 bits per heavy atom. The zero-order valence-electron chi connectivity index (χ0n) is 18.1. The van der Waals surface area contributed by atoms with Crippen LogP contribution in [0.25, 0.3) is 0 Å². The summed E-state index contributed by atoms with van der Waals surface area (Å²) in [6, 6.07) is 7.64. The van der Waals surface area contributed by atoms with Crippen LogP contribution in [0.2, 0.25) is 0 Å². The van der Waals surface area contributed by atoms with Crippen LogP contribution in [0.5, 0.6) is 0 Å². The van der Waals surface area contributed by atoms with Gasteiger partial charge in [-0.2, -0.15) is 9.29 Å². The van der Waals surface area contributed by atoms with Gasteiger partial charge in [0, 0.05) is 51.0 Å². The number of aryl methyl sites for hydroxylation is 3. The molecule has 0 amide bonds. The Morgan fingerprint density at radius 3 is 2.20 bits per heavy atom. The average molecular weight is 430 g/mol. The number of benzene rings is 1. The summed E-state index contributed by atoms with van der Waals surface area (Å²) >= 11 is 0. The Labute approximate surface area is 179 Å². The van der Waals surface area contributed by atoms with Crippen LogP contribution in [0.1, 0.15) is 36.1 Å². The molecule has 0 spiro atoms. The van der Waals surface area contributed by atoms with Crippen LogP contribution >= 0.6 is 0 Å². The molecule has 2 fully saturated rings. The van der Waals surface area contributed by atoms with E-state index in [1.807, 2.05) is 32.9 Å². The zero-order chi connectivity index (χ0) is 21.3. The number of rotatable bonds is 4. The molecule has 0 N–H and O–H groups in total. The monoisotopic (exact) mass is 429 g/mol. The van der Waals surface area contributed by atoms with Gasteiger partial charge in [-0.3, -0.25) is 0 Å². The number of sulfonamides is 1. The molecule has 0 bridgehead atoms. The van der Waals surface area contributed by atoms with Crippen molar-refractivity contribution in [3.05, 3.63) is 41.1 Å². The highest BCUT2D eigenvalue weighted by molar-refractivity contribution is 7.89. The lowest BCUT2D eigenvalue weighted by molar-refractivity contribution is 0.382. The minimum absolute atomic E-state index is 0.412. The molecule has 2 aliphatic heterocycles. The van der Waals surface area contributed by atoms with E-state index >= 15 is 0 Å². The fourth-order valence-electron chi connectivity index (χ4n) is 4.22. The second-order valence-corrected chi connectivity index (χ2v) is 10.3. The van der Waals surface area contributed by atoms with Crippen LogP contribution in [0.4, 0.5) is 11.8 Å². The van der Waals surface area contributed by atoms with E-state index in [1.54, 1.807) is 10.4 Å². The molecule has 0 radical (unpaired) electrons. The molecule has 162 valence electrons. The zero-order valence-corrected chi connectivity index (χ0v) is 19.0. The fourth-order valence-corrected chi connectivity index (χ4v) is 5.95. The summed E-state index contributed by atoms with van der Waals surface area (Å²) in [7, 11) is -3.50. The van der Waals surface area contributed by atoms with Gasteiger partial charge in [0.25, 0.3) is 0 Å². The molecule has 1 aromatic carbocycles. The molecule has 3 heterocycles. The first-order valence-electron chi connectivity index (χ1n) is 10.8. The summed E-state index contributed by atoms with van der Waals surface area (Å²) in [5, 5.41) is 0. The number of nitrogens with zero attached hydrogens (tertiary/aromatic N) is 5. The Kier molecular flexibility index (Phi) is 5.97. The van der Waals surface area contributed by atoms with Gasteiger partial charge < -0.3 is 9.80 Å². The first-order valence-corrected chi connectivity index (χ1v) is 12.2. The topological polar surface area (TPSA) is 69.6 Å². The van der Waals surface area contributed by atoms with Gasteiger partial charge in [0.05, 0.1) is 4.90 Å². The van der Waals surface area contributed by atoms with Gasteiger partial charge in [-0.05, 0) is 57.2 Å². The lowest BCUT2D eigenvalue weighted by atomic mass is 10.1. The fraction of sp³-hybridized carbons (Fsp3) is 0.545. The Bertz CT molecular complexity index is 1010. The standard InChI is InChI=1S/C22H31N5O2S/c1-17-7-8-18(2)20(15-17)30(28,29)27-13-11-26(12-14-27)22-23-19(3)16-21(24-22)25-9-5-4-6-10-25/h7-8,15-16H,4-6,9-14H2,1-3H3. The number of aromatic nitrogens is 2. The van der Waals surface area contributed by atoms with E-state index in [-0.39, 0.29) is 0 Å². The van der Waals surface area contributed by atoms with E-state index in [4.69, 9.17) is 4.98 Å². The SMILES string of the molecule is Cc1ccc(C)c(S(=O)(=O)N2CCN(c3nc(C)cc(N4CCCCC4)n3)CC2)c1. The number of anilines is 2. The van der Waals surface area contributed by atoms with Crippen LogP contribution in [0.15, 0.2) is 29.2 Å². The summed E-state index contributed by atoms with van der Waals surface area (Å²) in [5.74, 6) is 1.70. The predicted octanol–water partition coefficient (Wildman–Crippen LogP) is 2.90. The lowest BCUT2D eigenvalue weighted by Crippen LogP contribution is -2.49. The molecule has 2 aliphatic rings. The Morgan fingerprint density at radius 2 is 1.50 bits per heavy atom. The molecule has 0 saturated carbocycles. The Hall–Kier alpha value is -2.19. The first kappa shape index (κ1) is 21.1. The maximum absolute atomic E-state index is 13.2. The van der Waals surface area contributed by atoms with Gasteiger partial charge in [0.2, 0.25) is 16.0 Å². The maximum atomic E-state index is 13.2. The third kappa shape index (κ3) is 4.30. The second kappa shape index (κ2) is 8.51. The van der Waals surface area contributed by atoms with Crippen LogP contribution in [-0.2, 0) is 10.0 Å². The van der Waals surface area contributed by atoms with Crippen molar-refractivity contribution in [3.63, 3.8) is 0 Å². The molecule has 8 heteroatoms. The van der Waals surface area contributed by atoms with Crippen molar-refractivity contribution >= 4 is 21.8 Å². The van der Waals surface area contributed by atoms with Crippen molar-refractivity contribution in [2.45, 2.75) is 44.9 Å². The summed E-state index contributed by atoms with van der Waals surface area (Å²) in [5.41, 5.74) is 2.69. The summed E-state index contributed by atoms with van der Waals surface area (Å²) < 4.78 is 28.0. The first-order chi connectivity index (χ1) is 14.3. The number of piperidine rings is 1. The highest BCUT2D eigenvalue weighted by atomic mass is 32.2. The van der Waals surface area contributed by atoms with Gasteiger partial charge in [0.1, 0.15) is 5.82 Å². The third-order valence-corrected chi connectivity index (χ3v) is 8.03. The number of piperazine rings is 1. The van der Waals surface area contributed by atoms with Gasteiger partial charge in [-0.15, -0.1) is 0 Å². The molecule has 4 rings (SSSR count). The van der Waals surface area contributed by atoms with E-state index in [9.17, 15) is 8.42 Å². The quantitative estimate of drug-likeness (QED) is 0.744. The highest BCUT2D eigenvalue weighted by Gasteiger charge is 2.30. The summed E-state index contributed by atoms with van der Waals surface area (Å²) in [6.45, 7) is 9.91. The van der Waals surface area contributed by atoms with Crippen LogP contribution in [-0.4, -0.2) is 62.0 Å². The molecule has 30 heavy (non-hydrogen) atoms. The predicted molar refractivity (Wildman–Crippen MR) is 120 cm³/mol. The molecule has 2 saturated heterocycles. The van der Waals surface area contributed by atoms with Gasteiger partial charge >= 0.3 is 0 Å². The molecule has 7 nitrogen and oxygen atoms in total. The molecule has 0 atom stereocenters. The molecular formula is C22H31N5O2S. The molecule has 1 aromatic heterocycles. The average Bonchev–Trinajstić information content (AvgIpc) is 2.75. The van der Waals surface area contributed by atoms with Crippen molar-refractivity contribution in [1.29, 1.82) is 0 Å². The van der Waals surface area contributed by atoms with E-state index in [0.29, 0.717) is 37.0 Å². The minimum atomic E-state index is -3.50. The highest BCUT2D eigenvalue weighted by Crippen LogP contribution is 2.25. The largest absolute Gasteiger partial charge is 0.356 e.